The Morgan fingerprint density at radius 3 is 2.06 bits per heavy atom. The van der Waals surface area contributed by atoms with Crippen molar-refractivity contribution in [3.8, 4) is 0 Å². The average molecular weight is 242 g/mol. The summed E-state index contributed by atoms with van der Waals surface area (Å²) in [4.78, 5) is 12.5. The van der Waals surface area contributed by atoms with E-state index in [0.29, 0.717) is 5.56 Å². The van der Waals surface area contributed by atoms with Crippen LogP contribution < -0.4 is 0 Å². The predicted molar refractivity (Wildman–Crippen MR) is 70.2 cm³/mol. The van der Waals surface area contributed by atoms with Crippen molar-refractivity contribution >= 4 is 5.78 Å². The van der Waals surface area contributed by atoms with Crippen LogP contribution in [-0.4, -0.2) is 5.78 Å². The Bertz CT molecular complexity index is 541. The van der Waals surface area contributed by atoms with E-state index in [-0.39, 0.29) is 11.6 Å². The second kappa shape index (κ2) is 4.73. The van der Waals surface area contributed by atoms with Crippen molar-refractivity contribution in [1.82, 2.24) is 0 Å². The van der Waals surface area contributed by atoms with Crippen molar-refractivity contribution in [2.45, 2.75) is 19.3 Å². The first kappa shape index (κ1) is 12.5. The van der Waals surface area contributed by atoms with Gasteiger partial charge in [-0.1, -0.05) is 42.5 Å². The van der Waals surface area contributed by atoms with Crippen molar-refractivity contribution in [2.75, 3.05) is 0 Å². The van der Waals surface area contributed by atoms with Crippen LogP contribution >= 0.6 is 0 Å². The van der Waals surface area contributed by atoms with Gasteiger partial charge in [0.15, 0.2) is 5.78 Å². The molecule has 92 valence electrons. The molecule has 0 aliphatic heterocycles. The van der Waals surface area contributed by atoms with E-state index in [9.17, 15) is 9.18 Å². The molecule has 0 aromatic heterocycles. The molecule has 2 aromatic rings. The van der Waals surface area contributed by atoms with E-state index in [1.807, 2.05) is 32.0 Å². The molecule has 18 heavy (non-hydrogen) atoms. The van der Waals surface area contributed by atoms with Crippen molar-refractivity contribution in [2.24, 2.45) is 0 Å². The topological polar surface area (TPSA) is 17.1 Å². The highest BCUT2D eigenvalue weighted by atomic mass is 19.1. The lowest BCUT2D eigenvalue weighted by molar-refractivity contribution is 0.0908. The first-order valence-electron chi connectivity index (χ1n) is 5.88. The maximum atomic E-state index is 12.9. The Hall–Kier alpha value is -1.96. The Morgan fingerprint density at radius 1 is 0.944 bits per heavy atom. The van der Waals surface area contributed by atoms with Gasteiger partial charge in [0.05, 0.1) is 5.41 Å². The van der Waals surface area contributed by atoms with Crippen LogP contribution in [0.2, 0.25) is 0 Å². The van der Waals surface area contributed by atoms with Crippen LogP contribution in [0.25, 0.3) is 0 Å². The van der Waals surface area contributed by atoms with E-state index in [1.165, 1.54) is 12.1 Å². The number of hydrogen-bond donors (Lipinski definition) is 0. The molecule has 0 saturated carbocycles. The van der Waals surface area contributed by atoms with Crippen LogP contribution in [0.3, 0.4) is 0 Å². The van der Waals surface area contributed by atoms with Crippen molar-refractivity contribution < 1.29 is 9.18 Å². The summed E-state index contributed by atoms with van der Waals surface area (Å²) in [6, 6.07) is 15.3. The molecule has 0 saturated heterocycles. The minimum Gasteiger partial charge on any atom is -0.293 e. The van der Waals surface area contributed by atoms with E-state index in [4.69, 9.17) is 0 Å². The number of Topliss-reactive ketones (excluding diaryl/α,β-unsaturated/α-hetero) is 1. The van der Waals surface area contributed by atoms with Gasteiger partial charge in [-0.25, -0.2) is 4.39 Å². The summed E-state index contributed by atoms with van der Waals surface area (Å²) >= 11 is 0. The van der Waals surface area contributed by atoms with E-state index in [0.717, 1.165) is 5.56 Å². The third-order valence-corrected chi connectivity index (χ3v) is 3.17. The molecule has 0 heterocycles. The van der Waals surface area contributed by atoms with Gasteiger partial charge < -0.3 is 0 Å². The van der Waals surface area contributed by atoms with Gasteiger partial charge >= 0.3 is 0 Å². The lowest BCUT2D eigenvalue weighted by atomic mass is 9.78. The first-order chi connectivity index (χ1) is 8.51. The highest BCUT2D eigenvalue weighted by Gasteiger charge is 2.30. The molecule has 2 rings (SSSR count). The fraction of sp³-hybridized carbons (Fsp3) is 0.188. The smallest absolute Gasteiger partial charge is 0.172 e. The van der Waals surface area contributed by atoms with Gasteiger partial charge in [-0.2, -0.15) is 0 Å². The standard InChI is InChI=1S/C16H15FO/c1-16(2,13-8-10-14(17)11-9-13)15(18)12-6-4-3-5-7-12/h3-11H,1-2H3. The van der Waals surface area contributed by atoms with Crippen LogP contribution in [0.1, 0.15) is 29.8 Å². The van der Waals surface area contributed by atoms with E-state index in [2.05, 4.69) is 0 Å². The molecular formula is C16H15FO. The number of ketones is 1. The number of halogens is 1. The predicted octanol–water partition coefficient (Wildman–Crippen LogP) is 3.99. The molecule has 0 aliphatic carbocycles. The molecule has 0 bridgehead atoms. The molecule has 0 fully saturated rings. The summed E-state index contributed by atoms with van der Waals surface area (Å²) in [7, 11) is 0. The van der Waals surface area contributed by atoms with Crippen LogP contribution in [0.15, 0.2) is 54.6 Å². The van der Waals surface area contributed by atoms with Crippen molar-refractivity contribution in [3.05, 3.63) is 71.5 Å². The summed E-state index contributed by atoms with van der Waals surface area (Å²) < 4.78 is 12.9. The zero-order chi connectivity index (χ0) is 13.2. The largest absolute Gasteiger partial charge is 0.293 e. The Morgan fingerprint density at radius 2 is 1.50 bits per heavy atom. The molecule has 0 amide bonds. The molecule has 0 N–H and O–H groups in total. The van der Waals surface area contributed by atoms with Crippen molar-refractivity contribution in [3.63, 3.8) is 0 Å². The summed E-state index contributed by atoms with van der Waals surface area (Å²) in [5.74, 6) is -0.253. The van der Waals surface area contributed by atoms with Crippen LogP contribution in [0.4, 0.5) is 4.39 Å². The van der Waals surface area contributed by atoms with E-state index >= 15 is 0 Å². The van der Waals surface area contributed by atoms with Gasteiger partial charge in [0.25, 0.3) is 0 Å². The highest BCUT2D eigenvalue weighted by molar-refractivity contribution is 6.03. The number of rotatable bonds is 3. The summed E-state index contributed by atoms with van der Waals surface area (Å²) in [5, 5.41) is 0. The molecular weight excluding hydrogens is 227 g/mol. The van der Waals surface area contributed by atoms with Gasteiger partial charge in [-0.05, 0) is 31.5 Å². The third-order valence-electron chi connectivity index (χ3n) is 3.17. The Labute approximate surface area is 106 Å². The molecule has 2 aromatic carbocycles. The van der Waals surface area contributed by atoms with Gasteiger partial charge in [-0.15, -0.1) is 0 Å². The average Bonchev–Trinajstić information content (AvgIpc) is 2.39. The zero-order valence-electron chi connectivity index (χ0n) is 10.5. The lowest BCUT2D eigenvalue weighted by Crippen LogP contribution is -2.29. The molecule has 0 spiro atoms. The molecule has 2 heteroatoms. The third kappa shape index (κ3) is 2.33. The van der Waals surface area contributed by atoms with Crippen LogP contribution in [0, 0.1) is 5.82 Å². The Kier molecular flexibility index (Phi) is 3.28. The Balaban J connectivity index is 2.37. The fourth-order valence-corrected chi connectivity index (χ4v) is 1.95. The number of carbonyl (C=O) groups is 1. The fourth-order valence-electron chi connectivity index (χ4n) is 1.95. The van der Waals surface area contributed by atoms with Crippen LogP contribution in [-0.2, 0) is 5.41 Å². The molecule has 1 nitrogen and oxygen atoms in total. The minimum absolute atomic E-state index is 0.0368. The second-order valence-corrected chi connectivity index (χ2v) is 4.83. The maximum absolute atomic E-state index is 12.9. The van der Waals surface area contributed by atoms with Gasteiger partial charge in [0.2, 0.25) is 0 Å². The summed E-state index contributed by atoms with van der Waals surface area (Å²) in [6.45, 7) is 3.71. The molecule has 0 unspecified atom stereocenters. The summed E-state index contributed by atoms with van der Waals surface area (Å²) in [5.41, 5.74) is 0.833. The SMILES string of the molecule is CC(C)(C(=O)c1ccccc1)c1ccc(F)cc1. The number of carbonyl (C=O) groups excluding carboxylic acids is 1. The summed E-state index contributed by atoms with van der Waals surface area (Å²) in [6.07, 6.45) is 0. The number of hydrogen-bond acceptors (Lipinski definition) is 1. The quantitative estimate of drug-likeness (QED) is 0.744. The van der Waals surface area contributed by atoms with Gasteiger partial charge in [-0.3, -0.25) is 4.79 Å². The van der Waals surface area contributed by atoms with Gasteiger partial charge in [0, 0.05) is 5.56 Å². The number of benzene rings is 2. The first-order valence-corrected chi connectivity index (χ1v) is 5.88. The lowest BCUT2D eigenvalue weighted by Gasteiger charge is -2.23. The van der Waals surface area contributed by atoms with E-state index in [1.54, 1.807) is 24.3 Å². The zero-order valence-corrected chi connectivity index (χ0v) is 10.5. The second-order valence-electron chi connectivity index (χ2n) is 4.83. The molecule has 0 aliphatic rings. The van der Waals surface area contributed by atoms with Crippen LogP contribution in [0.5, 0.6) is 0 Å². The maximum Gasteiger partial charge on any atom is 0.172 e. The van der Waals surface area contributed by atoms with Gasteiger partial charge in [0.1, 0.15) is 5.82 Å². The molecule has 0 radical (unpaired) electrons. The van der Waals surface area contributed by atoms with E-state index < -0.39 is 5.41 Å². The highest BCUT2D eigenvalue weighted by Crippen LogP contribution is 2.27. The minimum atomic E-state index is -0.658. The van der Waals surface area contributed by atoms with Crippen molar-refractivity contribution in [1.29, 1.82) is 0 Å². The normalized spacial score (nSPS) is 11.3. The monoisotopic (exact) mass is 242 g/mol. The molecule has 0 atom stereocenters.